The summed E-state index contributed by atoms with van der Waals surface area (Å²) >= 11 is 0. The maximum Gasteiger partial charge on any atom is 0.0199 e. The average molecular weight is 378 g/mol. The molecule has 3 aliphatic carbocycles. The second-order valence-corrected chi connectivity index (χ2v) is 8.86. The molecule has 0 saturated heterocycles. The Morgan fingerprint density at radius 2 is 1.37 bits per heavy atom. The van der Waals surface area contributed by atoms with Gasteiger partial charge in [-0.3, -0.25) is 0 Å². The van der Waals surface area contributed by atoms with Crippen molar-refractivity contribution in [3.05, 3.63) is 114 Å². The van der Waals surface area contributed by atoms with Crippen molar-refractivity contribution in [2.45, 2.75) is 5.92 Å². The molecular weight excluding hydrogens is 360 g/mol. The molecule has 2 atom stereocenters. The van der Waals surface area contributed by atoms with E-state index in [0.717, 1.165) is 0 Å². The minimum absolute atomic E-state index is 0.422. The van der Waals surface area contributed by atoms with Gasteiger partial charge >= 0.3 is 0 Å². The summed E-state index contributed by atoms with van der Waals surface area (Å²) in [7, 11) is 0. The van der Waals surface area contributed by atoms with Crippen LogP contribution < -0.4 is 0 Å². The molecule has 0 heteroatoms. The second kappa shape index (κ2) is 5.09. The van der Waals surface area contributed by atoms with Gasteiger partial charge in [0, 0.05) is 11.8 Å². The van der Waals surface area contributed by atoms with Crippen LogP contribution in [0.1, 0.15) is 17.0 Å². The summed E-state index contributed by atoms with van der Waals surface area (Å²) in [5, 5.41) is 11.1. The van der Waals surface area contributed by atoms with E-state index in [1.807, 2.05) is 0 Å². The van der Waals surface area contributed by atoms with Gasteiger partial charge in [-0.05, 0) is 65.4 Å². The predicted octanol–water partition coefficient (Wildman–Crippen LogP) is 7.90. The second-order valence-electron chi connectivity index (χ2n) is 8.86. The van der Waals surface area contributed by atoms with Crippen LogP contribution in [-0.2, 0) is 0 Å². The van der Waals surface area contributed by atoms with E-state index in [-0.39, 0.29) is 0 Å². The van der Waals surface area contributed by atoms with Crippen LogP contribution in [0.25, 0.3) is 48.7 Å². The van der Waals surface area contributed by atoms with Gasteiger partial charge in [0.05, 0.1) is 0 Å². The minimum atomic E-state index is 0.422. The summed E-state index contributed by atoms with van der Waals surface area (Å²) in [5.74, 6) is 0.872. The van der Waals surface area contributed by atoms with Crippen molar-refractivity contribution in [1.29, 1.82) is 0 Å². The summed E-state index contributed by atoms with van der Waals surface area (Å²) in [6.45, 7) is 0. The summed E-state index contributed by atoms with van der Waals surface area (Å²) in [4.78, 5) is 0. The Bertz CT molecular complexity index is 1640. The molecule has 0 fully saturated rings. The smallest absolute Gasteiger partial charge is 0.0199 e. The van der Waals surface area contributed by atoms with Crippen LogP contribution in [0.5, 0.6) is 0 Å². The van der Waals surface area contributed by atoms with E-state index in [1.165, 1.54) is 65.4 Å². The van der Waals surface area contributed by atoms with E-state index in [1.54, 1.807) is 0 Å². The SMILES string of the molecule is C1=CC2=CC=CC3c4ccc5c6cccc7cccc(c8ccc(c4c85)C(=C1)C23)c76. The molecule has 0 radical (unpaired) electrons. The summed E-state index contributed by atoms with van der Waals surface area (Å²) < 4.78 is 0. The van der Waals surface area contributed by atoms with Crippen molar-refractivity contribution >= 4 is 48.7 Å². The topological polar surface area (TPSA) is 0 Å². The monoisotopic (exact) mass is 378 g/mol. The van der Waals surface area contributed by atoms with Crippen LogP contribution >= 0.6 is 0 Å². The van der Waals surface area contributed by atoms with Crippen LogP contribution in [0.15, 0.2) is 103 Å². The molecule has 0 heterocycles. The van der Waals surface area contributed by atoms with E-state index in [9.17, 15) is 0 Å². The molecule has 0 bridgehead atoms. The van der Waals surface area contributed by atoms with Crippen molar-refractivity contribution in [2.24, 2.45) is 5.92 Å². The molecule has 0 aromatic heterocycles. The molecule has 5 aromatic carbocycles. The average Bonchev–Trinajstić information content (AvgIpc) is 2.81. The third-order valence-electron chi connectivity index (χ3n) is 7.57. The lowest BCUT2D eigenvalue weighted by Crippen LogP contribution is -2.23. The fourth-order valence-corrected chi connectivity index (χ4v) is 6.43. The van der Waals surface area contributed by atoms with E-state index in [2.05, 4.69) is 97.1 Å². The Hall–Kier alpha value is -3.64. The number of hydrogen-bond donors (Lipinski definition) is 0. The van der Waals surface area contributed by atoms with Crippen LogP contribution in [0.2, 0.25) is 0 Å². The number of allylic oxidation sites excluding steroid dienone is 8. The van der Waals surface area contributed by atoms with Crippen molar-refractivity contribution in [1.82, 2.24) is 0 Å². The van der Waals surface area contributed by atoms with Gasteiger partial charge in [-0.25, -0.2) is 0 Å². The van der Waals surface area contributed by atoms with Crippen LogP contribution in [0.4, 0.5) is 0 Å². The van der Waals surface area contributed by atoms with Crippen molar-refractivity contribution < 1.29 is 0 Å². The molecule has 8 rings (SSSR count). The molecule has 138 valence electrons. The van der Waals surface area contributed by atoms with Crippen molar-refractivity contribution in [2.75, 3.05) is 0 Å². The van der Waals surface area contributed by atoms with Crippen LogP contribution in [0, 0.1) is 5.92 Å². The third-order valence-corrected chi connectivity index (χ3v) is 7.57. The van der Waals surface area contributed by atoms with Gasteiger partial charge in [-0.1, -0.05) is 97.1 Å². The van der Waals surface area contributed by atoms with E-state index in [4.69, 9.17) is 0 Å². The standard InChI is InChI=1S/C30H18/c1-5-17-6-2-10-20-24-15-16-26-22-12-4-8-18-7-3-11-21(28(18)22)25-14-13-23(29(24)30(25)26)19(9-1)27(17)20/h1-16,19,27H. The Morgan fingerprint density at radius 3 is 2.20 bits per heavy atom. The summed E-state index contributed by atoms with van der Waals surface area (Å²) in [6, 6.07) is 23.0. The zero-order valence-corrected chi connectivity index (χ0v) is 16.4. The Morgan fingerprint density at radius 1 is 0.600 bits per heavy atom. The van der Waals surface area contributed by atoms with Crippen LogP contribution in [0.3, 0.4) is 0 Å². The normalized spacial score (nSPS) is 21.5. The van der Waals surface area contributed by atoms with Gasteiger partial charge < -0.3 is 0 Å². The highest BCUT2D eigenvalue weighted by atomic mass is 14.4. The van der Waals surface area contributed by atoms with Gasteiger partial charge in [0.25, 0.3) is 0 Å². The zero-order valence-electron chi connectivity index (χ0n) is 16.4. The molecular formula is C30H18. The van der Waals surface area contributed by atoms with Gasteiger partial charge in [-0.2, -0.15) is 0 Å². The van der Waals surface area contributed by atoms with Crippen molar-refractivity contribution in [3.8, 4) is 0 Å². The van der Waals surface area contributed by atoms with Crippen molar-refractivity contribution in [3.63, 3.8) is 0 Å². The molecule has 0 aliphatic heterocycles. The number of fused-ring (bicyclic) bond motifs is 4. The predicted molar refractivity (Wildman–Crippen MR) is 128 cm³/mol. The first-order valence-electron chi connectivity index (χ1n) is 10.8. The lowest BCUT2D eigenvalue weighted by atomic mass is 9.64. The minimum Gasteiger partial charge on any atom is -0.0760 e. The molecule has 30 heavy (non-hydrogen) atoms. The maximum absolute atomic E-state index is 2.41. The fourth-order valence-electron chi connectivity index (χ4n) is 6.43. The van der Waals surface area contributed by atoms with E-state index in [0.29, 0.717) is 11.8 Å². The molecule has 0 N–H and O–H groups in total. The molecule has 0 nitrogen and oxygen atoms in total. The molecule has 3 aliphatic rings. The maximum atomic E-state index is 2.41. The lowest BCUT2D eigenvalue weighted by molar-refractivity contribution is 0.684. The van der Waals surface area contributed by atoms with Crippen LogP contribution in [-0.4, -0.2) is 0 Å². The van der Waals surface area contributed by atoms with Gasteiger partial charge in [-0.15, -0.1) is 0 Å². The first-order valence-corrected chi connectivity index (χ1v) is 10.8. The Labute approximate surface area is 174 Å². The summed E-state index contributed by atoms with van der Waals surface area (Å²) in [5.41, 5.74) is 5.82. The lowest BCUT2D eigenvalue weighted by Gasteiger charge is -2.38. The molecule has 0 saturated carbocycles. The number of rotatable bonds is 0. The Balaban J connectivity index is 1.65. The van der Waals surface area contributed by atoms with Gasteiger partial charge in [0.1, 0.15) is 0 Å². The third kappa shape index (κ3) is 1.63. The first-order chi connectivity index (χ1) is 14.9. The van der Waals surface area contributed by atoms with Gasteiger partial charge in [0.2, 0.25) is 0 Å². The Kier molecular flexibility index (Phi) is 2.59. The van der Waals surface area contributed by atoms with E-state index >= 15 is 0 Å². The molecule has 0 spiro atoms. The first kappa shape index (κ1) is 15.2. The highest BCUT2D eigenvalue weighted by molar-refractivity contribution is 6.34. The fraction of sp³-hybridized carbons (Fsp3) is 0.0667. The highest BCUT2D eigenvalue weighted by Crippen LogP contribution is 2.54. The molecule has 0 amide bonds. The summed E-state index contributed by atoms with van der Waals surface area (Å²) in [6.07, 6.45) is 13.8. The molecule has 5 aromatic rings. The number of hydrogen-bond acceptors (Lipinski definition) is 0. The van der Waals surface area contributed by atoms with Gasteiger partial charge in [0.15, 0.2) is 0 Å². The van der Waals surface area contributed by atoms with E-state index < -0.39 is 0 Å². The zero-order chi connectivity index (χ0) is 19.4. The highest BCUT2D eigenvalue weighted by Gasteiger charge is 2.37. The quantitative estimate of drug-likeness (QED) is 0.190. The largest absolute Gasteiger partial charge is 0.0760 e. The molecule has 2 unspecified atom stereocenters. The number of benzene rings is 5.